The normalized spacial score (nSPS) is 15.5. The lowest BCUT2D eigenvalue weighted by molar-refractivity contribution is -0.412. The van der Waals surface area contributed by atoms with Gasteiger partial charge in [-0.15, -0.1) is 0 Å². The van der Waals surface area contributed by atoms with Crippen LogP contribution in [0.25, 0.3) is 38.6 Å². The molecule has 1 aromatic carbocycles. The smallest absolute Gasteiger partial charge is 0.172 e. The quantitative estimate of drug-likeness (QED) is 0.389. The Bertz CT molecular complexity index is 1380. The van der Waals surface area contributed by atoms with Gasteiger partial charge in [-0.25, -0.2) is 4.98 Å². The van der Waals surface area contributed by atoms with Crippen molar-refractivity contribution in [1.82, 2.24) is 19.9 Å². The maximum atomic E-state index is 5.81. The number of nitrogens with one attached hydrogen (secondary N) is 2. The van der Waals surface area contributed by atoms with Crippen molar-refractivity contribution in [1.29, 1.82) is 0 Å². The number of aromatic amines is 1. The summed E-state index contributed by atoms with van der Waals surface area (Å²) in [7, 11) is 3.59. The number of methoxy groups -OCH3 is 1. The van der Waals surface area contributed by atoms with Crippen LogP contribution >= 0.6 is 0 Å². The second-order valence-electron chi connectivity index (χ2n) is 8.78. The maximum Gasteiger partial charge on any atom is 0.172 e. The zero-order valence-corrected chi connectivity index (χ0v) is 19.8. The van der Waals surface area contributed by atoms with Gasteiger partial charge in [-0.1, -0.05) is 18.6 Å². The van der Waals surface area contributed by atoms with Crippen molar-refractivity contribution in [2.75, 3.05) is 27.2 Å². The van der Waals surface area contributed by atoms with Gasteiger partial charge >= 0.3 is 0 Å². The topological polar surface area (TPSA) is 94.0 Å². The van der Waals surface area contributed by atoms with Crippen LogP contribution in [0.1, 0.15) is 30.5 Å². The summed E-state index contributed by atoms with van der Waals surface area (Å²) in [5, 5.41) is 2.11. The number of nitrogens with zero attached hydrogens (tertiary/aromatic N) is 3. The van der Waals surface area contributed by atoms with Crippen molar-refractivity contribution in [2.45, 2.75) is 25.8 Å². The van der Waals surface area contributed by atoms with E-state index >= 15 is 0 Å². The highest BCUT2D eigenvalue weighted by molar-refractivity contribution is 6.11. The number of ether oxygens (including phenoxy) is 1. The molecule has 0 radical (unpaired) electrons. The van der Waals surface area contributed by atoms with E-state index in [0.717, 1.165) is 69.7 Å². The third-order valence-corrected chi connectivity index (χ3v) is 6.57. The summed E-state index contributed by atoms with van der Waals surface area (Å²) >= 11 is 0. The van der Waals surface area contributed by atoms with Gasteiger partial charge in [-0.2, -0.15) is 0 Å². The van der Waals surface area contributed by atoms with E-state index in [0.29, 0.717) is 0 Å². The molecule has 0 spiro atoms. The van der Waals surface area contributed by atoms with Gasteiger partial charge in [-0.05, 0) is 49.7 Å². The van der Waals surface area contributed by atoms with Gasteiger partial charge in [0.2, 0.25) is 0 Å². The number of fused-ring (bicyclic) bond motifs is 3. The van der Waals surface area contributed by atoms with E-state index in [1.165, 1.54) is 24.8 Å². The van der Waals surface area contributed by atoms with E-state index in [2.05, 4.69) is 50.2 Å². The van der Waals surface area contributed by atoms with Crippen molar-refractivity contribution in [3.8, 4) is 16.9 Å². The van der Waals surface area contributed by atoms with Gasteiger partial charge < -0.3 is 15.5 Å². The summed E-state index contributed by atoms with van der Waals surface area (Å²) in [6, 6.07) is 10.7. The van der Waals surface area contributed by atoms with E-state index in [9.17, 15) is 0 Å². The number of nitrogens with two attached hydrogens (primary N) is 1. The average molecular weight is 456 g/mol. The molecule has 7 heteroatoms. The Balaban J connectivity index is 1.52. The SMILES string of the molecule is C[NH+]=CC(=CN)c1cc2c(cn1)[nH]c1ncc(-c3ccc(CN4CCCCC4)c(OC)c3)cc12. The van der Waals surface area contributed by atoms with E-state index in [-0.39, 0.29) is 0 Å². The summed E-state index contributed by atoms with van der Waals surface area (Å²) in [6.07, 6.45) is 11.0. The highest BCUT2D eigenvalue weighted by Crippen LogP contribution is 2.32. The molecule has 1 fully saturated rings. The van der Waals surface area contributed by atoms with Crippen molar-refractivity contribution in [2.24, 2.45) is 5.73 Å². The molecule has 4 N–H and O–H groups in total. The van der Waals surface area contributed by atoms with Crippen LogP contribution in [-0.2, 0) is 6.54 Å². The number of pyridine rings is 2. The number of allylic oxidation sites excluding steroid dienone is 1. The fourth-order valence-corrected chi connectivity index (χ4v) is 4.77. The standard InChI is InChI=1S/C27H30N6O/c1-29-14-21(13-28)24-12-22-23-10-20(15-31-27(23)32-25(22)16-30-24)18-6-7-19(26(11-18)34-2)17-33-8-4-3-5-9-33/h6-7,10-16H,3-5,8-9,17,28H2,1-2H3,(H,31,32)/p+1. The highest BCUT2D eigenvalue weighted by atomic mass is 16.5. The third kappa shape index (κ3) is 4.26. The predicted octanol–water partition coefficient (Wildman–Crippen LogP) is 2.85. The van der Waals surface area contributed by atoms with E-state index < -0.39 is 0 Å². The summed E-state index contributed by atoms with van der Waals surface area (Å²) in [4.78, 5) is 18.2. The largest absolute Gasteiger partial charge is 0.496 e. The van der Waals surface area contributed by atoms with Crippen molar-refractivity contribution >= 4 is 33.7 Å². The number of aromatic nitrogens is 3. The fraction of sp³-hybridized carbons (Fsp3) is 0.296. The first-order valence-electron chi connectivity index (χ1n) is 11.8. The number of likely N-dealkylation sites (tertiary alicyclic amines) is 1. The second kappa shape index (κ2) is 9.65. The van der Waals surface area contributed by atoms with Crippen LogP contribution in [0.3, 0.4) is 0 Å². The Morgan fingerprint density at radius 3 is 2.71 bits per heavy atom. The van der Waals surface area contributed by atoms with Crippen LogP contribution in [0.15, 0.2) is 48.9 Å². The van der Waals surface area contributed by atoms with Gasteiger partial charge in [0.05, 0.1) is 30.1 Å². The average Bonchev–Trinajstić information content (AvgIpc) is 3.25. The zero-order valence-electron chi connectivity index (χ0n) is 19.8. The molecular formula is C27H31N6O+. The van der Waals surface area contributed by atoms with Crippen LogP contribution in [0.4, 0.5) is 0 Å². The molecule has 34 heavy (non-hydrogen) atoms. The monoisotopic (exact) mass is 455 g/mol. The van der Waals surface area contributed by atoms with Crippen LogP contribution in [-0.4, -0.2) is 53.3 Å². The Labute approximate surface area is 199 Å². The molecule has 0 atom stereocenters. The van der Waals surface area contributed by atoms with Gasteiger partial charge in [0.1, 0.15) is 18.4 Å². The molecule has 0 saturated carbocycles. The zero-order chi connectivity index (χ0) is 23.5. The van der Waals surface area contributed by atoms with Crippen LogP contribution in [0, 0.1) is 0 Å². The molecule has 0 amide bonds. The summed E-state index contributed by atoms with van der Waals surface area (Å²) in [5.41, 5.74) is 12.6. The minimum absolute atomic E-state index is 0.805. The Kier molecular flexibility index (Phi) is 6.27. The minimum Gasteiger partial charge on any atom is -0.496 e. The Morgan fingerprint density at radius 1 is 1.09 bits per heavy atom. The van der Waals surface area contributed by atoms with E-state index in [1.807, 2.05) is 25.7 Å². The first kappa shape index (κ1) is 22.1. The Hall–Kier alpha value is -3.71. The fourth-order valence-electron chi connectivity index (χ4n) is 4.77. The van der Waals surface area contributed by atoms with Crippen LogP contribution in [0.2, 0.25) is 0 Å². The lowest BCUT2D eigenvalue weighted by atomic mass is 10.0. The van der Waals surface area contributed by atoms with Gasteiger partial charge in [0, 0.05) is 40.8 Å². The Morgan fingerprint density at radius 2 is 1.94 bits per heavy atom. The molecular weight excluding hydrogens is 424 g/mol. The lowest BCUT2D eigenvalue weighted by Crippen LogP contribution is -2.63. The van der Waals surface area contributed by atoms with Crippen LogP contribution < -0.4 is 15.5 Å². The number of rotatable bonds is 6. The molecule has 5 rings (SSSR count). The summed E-state index contributed by atoms with van der Waals surface area (Å²) in [6.45, 7) is 3.26. The number of hydrogen-bond acceptors (Lipinski definition) is 5. The predicted molar refractivity (Wildman–Crippen MR) is 138 cm³/mol. The first-order chi connectivity index (χ1) is 16.7. The van der Waals surface area contributed by atoms with Gasteiger partial charge in [-0.3, -0.25) is 14.9 Å². The molecule has 1 aliphatic rings. The first-order valence-corrected chi connectivity index (χ1v) is 11.8. The number of H-pyrrole nitrogens is 1. The van der Waals surface area contributed by atoms with Gasteiger partial charge in [0.25, 0.3) is 0 Å². The molecule has 0 aliphatic carbocycles. The molecule has 4 aromatic rings. The van der Waals surface area contributed by atoms with E-state index in [1.54, 1.807) is 13.3 Å². The minimum atomic E-state index is 0.805. The maximum absolute atomic E-state index is 5.81. The third-order valence-electron chi connectivity index (χ3n) is 6.57. The number of benzene rings is 1. The molecule has 174 valence electrons. The van der Waals surface area contributed by atoms with Crippen molar-refractivity contribution < 1.29 is 9.73 Å². The van der Waals surface area contributed by atoms with Gasteiger partial charge in [0.15, 0.2) is 6.21 Å². The lowest BCUT2D eigenvalue weighted by Gasteiger charge is -2.27. The molecule has 7 nitrogen and oxygen atoms in total. The summed E-state index contributed by atoms with van der Waals surface area (Å²) < 4.78 is 5.78. The molecule has 3 aromatic heterocycles. The second-order valence-corrected chi connectivity index (χ2v) is 8.78. The molecule has 0 unspecified atom stereocenters. The highest BCUT2D eigenvalue weighted by Gasteiger charge is 2.15. The number of hydrogen-bond donors (Lipinski definition) is 3. The molecule has 4 heterocycles. The van der Waals surface area contributed by atoms with Crippen LogP contribution in [0.5, 0.6) is 5.75 Å². The molecule has 1 saturated heterocycles. The summed E-state index contributed by atoms with van der Waals surface area (Å²) in [5.74, 6) is 0.925. The molecule has 0 bridgehead atoms. The molecule has 1 aliphatic heterocycles. The van der Waals surface area contributed by atoms with E-state index in [4.69, 9.17) is 15.5 Å². The van der Waals surface area contributed by atoms with Crippen molar-refractivity contribution in [3.05, 3.63) is 60.2 Å². The number of piperidine rings is 1. The van der Waals surface area contributed by atoms with Crippen molar-refractivity contribution in [3.63, 3.8) is 0 Å².